The minimum absolute atomic E-state index is 0.0701. The number of nitrogens with zero attached hydrogens (tertiary/aromatic N) is 3. The highest BCUT2D eigenvalue weighted by Crippen LogP contribution is 2.31. The number of benzene rings is 2. The van der Waals surface area contributed by atoms with Gasteiger partial charge in [-0.1, -0.05) is 35.5 Å². The van der Waals surface area contributed by atoms with Gasteiger partial charge in [0.1, 0.15) is 12.4 Å². The molecule has 0 fully saturated rings. The molecule has 7 heteroatoms. The van der Waals surface area contributed by atoms with Gasteiger partial charge in [-0.2, -0.15) is 0 Å². The van der Waals surface area contributed by atoms with Gasteiger partial charge in [-0.3, -0.25) is 4.79 Å². The minimum atomic E-state index is -0.0701. The first kappa shape index (κ1) is 21.4. The van der Waals surface area contributed by atoms with Crippen LogP contribution in [0.5, 0.6) is 5.75 Å². The summed E-state index contributed by atoms with van der Waals surface area (Å²) in [5, 5.41) is 12.1. The van der Waals surface area contributed by atoms with E-state index < -0.39 is 0 Å². The molecule has 0 spiro atoms. The number of fused-ring (bicyclic) bond motifs is 1. The second-order valence-corrected chi connectivity index (χ2v) is 8.93. The number of carbonyl (C=O) groups is 1. The third kappa shape index (κ3) is 5.10. The molecular formula is C24H28N4O2S. The second kappa shape index (κ2) is 9.56. The van der Waals surface area contributed by atoms with Crippen LogP contribution in [0.25, 0.3) is 0 Å². The van der Waals surface area contributed by atoms with E-state index in [2.05, 4.69) is 34.6 Å². The highest BCUT2D eigenvalue weighted by atomic mass is 32.2. The van der Waals surface area contributed by atoms with Crippen molar-refractivity contribution in [2.75, 3.05) is 11.1 Å². The zero-order chi connectivity index (χ0) is 21.8. The number of thioether (sulfide) groups is 1. The number of hydrogen-bond acceptors (Lipinski definition) is 5. The van der Waals surface area contributed by atoms with Crippen LogP contribution in [0, 0.1) is 13.8 Å². The monoisotopic (exact) mass is 436 g/mol. The molecule has 2 aromatic carbocycles. The van der Waals surface area contributed by atoms with Crippen molar-refractivity contribution < 1.29 is 9.53 Å². The molecular weight excluding hydrogens is 408 g/mol. The highest BCUT2D eigenvalue weighted by Gasteiger charge is 2.16. The predicted molar refractivity (Wildman–Crippen MR) is 124 cm³/mol. The standard InChI is InChI=1S/C24H28N4O2S/c1-16-8-11-19(12-9-16)25-23(29)15-31-24-27-26-22(28(24)3)14-30-21-13-10-18-6-4-5-7-20(18)17(21)2/h8-13H,4-7,14-15H2,1-3H3,(H,25,29). The molecule has 0 saturated heterocycles. The molecule has 162 valence electrons. The lowest BCUT2D eigenvalue weighted by Crippen LogP contribution is -2.14. The molecule has 1 heterocycles. The summed E-state index contributed by atoms with van der Waals surface area (Å²) in [4.78, 5) is 12.2. The summed E-state index contributed by atoms with van der Waals surface area (Å²) in [6.07, 6.45) is 4.82. The van der Waals surface area contributed by atoms with Crippen LogP contribution in [-0.4, -0.2) is 26.4 Å². The van der Waals surface area contributed by atoms with Gasteiger partial charge in [0.15, 0.2) is 11.0 Å². The highest BCUT2D eigenvalue weighted by molar-refractivity contribution is 7.99. The van der Waals surface area contributed by atoms with Gasteiger partial charge in [0, 0.05) is 12.7 Å². The smallest absolute Gasteiger partial charge is 0.234 e. The Morgan fingerprint density at radius 2 is 1.87 bits per heavy atom. The molecule has 1 N–H and O–H groups in total. The molecule has 1 aliphatic rings. The van der Waals surface area contributed by atoms with E-state index >= 15 is 0 Å². The molecule has 0 radical (unpaired) electrons. The van der Waals surface area contributed by atoms with Gasteiger partial charge >= 0.3 is 0 Å². The fourth-order valence-electron chi connectivity index (χ4n) is 3.85. The number of carbonyl (C=O) groups excluding carboxylic acids is 1. The van der Waals surface area contributed by atoms with Gasteiger partial charge in [-0.25, -0.2) is 0 Å². The van der Waals surface area contributed by atoms with Crippen molar-refractivity contribution in [2.45, 2.75) is 51.3 Å². The Balaban J connectivity index is 1.33. The van der Waals surface area contributed by atoms with Crippen molar-refractivity contribution in [1.29, 1.82) is 0 Å². The van der Waals surface area contributed by atoms with E-state index in [1.807, 2.05) is 42.8 Å². The maximum Gasteiger partial charge on any atom is 0.234 e. The molecule has 3 aromatic rings. The molecule has 1 aliphatic carbocycles. The number of amides is 1. The Morgan fingerprint density at radius 1 is 1.10 bits per heavy atom. The number of aryl methyl sites for hydroxylation is 2. The van der Waals surface area contributed by atoms with E-state index in [9.17, 15) is 4.79 Å². The van der Waals surface area contributed by atoms with E-state index in [-0.39, 0.29) is 11.7 Å². The first-order valence-corrected chi connectivity index (χ1v) is 11.6. The van der Waals surface area contributed by atoms with E-state index in [1.165, 1.54) is 41.3 Å². The van der Waals surface area contributed by atoms with Gasteiger partial charge in [0.2, 0.25) is 5.91 Å². The van der Waals surface area contributed by atoms with Crippen LogP contribution in [0.3, 0.4) is 0 Å². The first-order valence-electron chi connectivity index (χ1n) is 10.6. The zero-order valence-corrected chi connectivity index (χ0v) is 19.1. The van der Waals surface area contributed by atoms with E-state index in [1.54, 1.807) is 0 Å². The molecule has 31 heavy (non-hydrogen) atoms. The summed E-state index contributed by atoms with van der Waals surface area (Å²) >= 11 is 1.36. The van der Waals surface area contributed by atoms with Crippen LogP contribution in [0.1, 0.15) is 40.9 Å². The number of nitrogens with one attached hydrogen (secondary N) is 1. The summed E-state index contributed by atoms with van der Waals surface area (Å²) in [5.41, 5.74) is 6.09. The maximum absolute atomic E-state index is 12.2. The van der Waals surface area contributed by atoms with Crippen LogP contribution in [0.4, 0.5) is 5.69 Å². The summed E-state index contributed by atoms with van der Waals surface area (Å²) in [7, 11) is 1.90. The quantitative estimate of drug-likeness (QED) is 0.547. The van der Waals surface area contributed by atoms with Gasteiger partial charge < -0.3 is 14.6 Å². The maximum atomic E-state index is 12.2. The molecule has 1 aromatic heterocycles. The van der Waals surface area contributed by atoms with Crippen molar-refractivity contribution in [3.63, 3.8) is 0 Å². The Kier molecular flexibility index (Phi) is 6.61. The molecule has 0 unspecified atom stereocenters. The van der Waals surface area contributed by atoms with E-state index in [4.69, 9.17) is 4.74 Å². The van der Waals surface area contributed by atoms with Crippen molar-refractivity contribution in [3.8, 4) is 5.75 Å². The normalized spacial score (nSPS) is 13.0. The molecule has 6 nitrogen and oxygen atoms in total. The van der Waals surface area contributed by atoms with Crippen molar-refractivity contribution in [3.05, 3.63) is 64.5 Å². The Labute approximate surface area is 187 Å². The summed E-state index contributed by atoms with van der Waals surface area (Å²) in [6, 6.07) is 12.0. The number of aromatic nitrogens is 3. The Bertz CT molecular complexity index is 1080. The largest absolute Gasteiger partial charge is 0.485 e. The predicted octanol–water partition coefficient (Wildman–Crippen LogP) is 4.62. The second-order valence-electron chi connectivity index (χ2n) is 7.98. The first-order chi connectivity index (χ1) is 15.0. The minimum Gasteiger partial charge on any atom is -0.485 e. The third-order valence-corrected chi connectivity index (χ3v) is 6.74. The van der Waals surface area contributed by atoms with Gasteiger partial charge in [-0.15, -0.1) is 10.2 Å². The molecule has 0 aliphatic heterocycles. The SMILES string of the molecule is Cc1ccc(NC(=O)CSc2nnc(COc3ccc4c(c3C)CCCC4)n2C)cc1. The third-order valence-electron chi connectivity index (χ3n) is 5.72. The number of ether oxygens (including phenoxy) is 1. The summed E-state index contributed by atoms with van der Waals surface area (Å²) < 4.78 is 7.97. The van der Waals surface area contributed by atoms with Crippen LogP contribution in [0.2, 0.25) is 0 Å². The molecule has 0 bridgehead atoms. The molecule has 1 amide bonds. The fraction of sp³-hybridized carbons (Fsp3) is 0.375. The van der Waals surface area contributed by atoms with Crippen molar-refractivity contribution in [1.82, 2.24) is 14.8 Å². The van der Waals surface area contributed by atoms with Gasteiger partial charge in [0.05, 0.1) is 5.75 Å². The van der Waals surface area contributed by atoms with Crippen LogP contribution in [-0.2, 0) is 31.3 Å². The average molecular weight is 437 g/mol. The van der Waals surface area contributed by atoms with E-state index in [0.29, 0.717) is 11.8 Å². The van der Waals surface area contributed by atoms with Crippen LogP contribution in [0.15, 0.2) is 41.6 Å². The summed E-state index contributed by atoms with van der Waals surface area (Å²) in [5.74, 6) is 1.85. The number of hydrogen-bond donors (Lipinski definition) is 1. The van der Waals surface area contributed by atoms with Gasteiger partial charge in [0.25, 0.3) is 0 Å². The summed E-state index contributed by atoms with van der Waals surface area (Å²) in [6.45, 7) is 4.51. The Hall–Kier alpha value is -2.80. The number of rotatable bonds is 7. The average Bonchev–Trinajstić information content (AvgIpc) is 3.13. The zero-order valence-electron chi connectivity index (χ0n) is 18.3. The fourth-order valence-corrected chi connectivity index (χ4v) is 4.58. The Morgan fingerprint density at radius 3 is 2.68 bits per heavy atom. The van der Waals surface area contributed by atoms with Crippen LogP contribution >= 0.6 is 11.8 Å². The van der Waals surface area contributed by atoms with E-state index in [0.717, 1.165) is 35.7 Å². The lowest BCUT2D eigenvalue weighted by Gasteiger charge is -2.20. The van der Waals surface area contributed by atoms with Gasteiger partial charge in [-0.05, 0) is 74.4 Å². The van der Waals surface area contributed by atoms with Crippen molar-refractivity contribution >= 4 is 23.4 Å². The lowest BCUT2D eigenvalue weighted by atomic mass is 9.88. The molecule has 0 atom stereocenters. The molecule has 0 saturated carbocycles. The lowest BCUT2D eigenvalue weighted by molar-refractivity contribution is -0.113. The van der Waals surface area contributed by atoms with Crippen LogP contribution < -0.4 is 10.1 Å². The number of anilines is 1. The topological polar surface area (TPSA) is 69.0 Å². The van der Waals surface area contributed by atoms with Crippen molar-refractivity contribution in [2.24, 2.45) is 7.05 Å². The molecule has 4 rings (SSSR count).